The Bertz CT molecular complexity index is 976. The molecule has 0 unspecified atom stereocenters. The second-order valence-corrected chi connectivity index (χ2v) is 6.71. The van der Waals surface area contributed by atoms with Gasteiger partial charge in [0.2, 0.25) is 5.91 Å². The number of benzene rings is 3. The van der Waals surface area contributed by atoms with Crippen molar-refractivity contribution >= 4 is 23.2 Å². The summed E-state index contributed by atoms with van der Waals surface area (Å²) in [5, 5.41) is 8.76. The van der Waals surface area contributed by atoms with E-state index in [-0.39, 0.29) is 18.4 Å². The van der Waals surface area contributed by atoms with Crippen LogP contribution in [0.1, 0.15) is 15.9 Å². The highest BCUT2D eigenvalue weighted by Gasteiger charge is 2.09. The van der Waals surface area contributed by atoms with Gasteiger partial charge in [-0.25, -0.2) is 0 Å². The Morgan fingerprint density at radius 2 is 1.60 bits per heavy atom. The molecule has 0 radical (unpaired) electrons. The van der Waals surface area contributed by atoms with Crippen LogP contribution in [-0.4, -0.2) is 31.5 Å². The van der Waals surface area contributed by atoms with Gasteiger partial charge < -0.3 is 20.7 Å². The molecule has 0 saturated heterocycles. The Morgan fingerprint density at radius 3 is 2.33 bits per heavy atom. The van der Waals surface area contributed by atoms with E-state index in [0.717, 1.165) is 22.7 Å². The number of para-hydroxylation sites is 2. The zero-order chi connectivity index (χ0) is 21.2. The Balaban J connectivity index is 1.46. The van der Waals surface area contributed by atoms with Gasteiger partial charge in [0, 0.05) is 16.9 Å². The van der Waals surface area contributed by atoms with Gasteiger partial charge in [0.1, 0.15) is 12.4 Å². The summed E-state index contributed by atoms with van der Waals surface area (Å²) in [6.07, 6.45) is 0. The van der Waals surface area contributed by atoms with E-state index >= 15 is 0 Å². The molecule has 2 amide bonds. The lowest BCUT2D eigenvalue weighted by atomic mass is 10.1. The molecule has 0 saturated carbocycles. The zero-order valence-electron chi connectivity index (χ0n) is 16.9. The lowest BCUT2D eigenvalue weighted by molar-refractivity contribution is -0.119. The van der Waals surface area contributed by atoms with Crippen LogP contribution in [0.3, 0.4) is 0 Å². The fourth-order valence-corrected chi connectivity index (χ4v) is 2.79. The van der Waals surface area contributed by atoms with Gasteiger partial charge in [-0.15, -0.1) is 0 Å². The lowest BCUT2D eigenvalue weighted by Crippen LogP contribution is -2.33. The molecular formula is C24H25N3O3. The molecule has 30 heavy (non-hydrogen) atoms. The van der Waals surface area contributed by atoms with Gasteiger partial charge in [-0.2, -0.15) is 0 Å². The van der Waals surface area contributed by atoms with Crippen molar-refractivity contribution in [3.05, 3.63) is 90.0 Å². The molecule has 3 N–H and O–H groups in total. The predicted molar refractivity (Wildman–Crippen MR) is 119 cm³/mol. The molecule has 6 nitrogen and oxygen atoms in total. The van der Waals surface area contributed by atoms with E-state index < -0.39 is 0 Å². The van der Waals surface area contributed by atoms with Crippen molar-refractivity contribution in [2.24, 2.45) is 0 Å². The van der Waals surface area contributed by atoms with E-state index in [1.165, 1.54) is 0 Å². The number of carbonyl (C=O) groups is 2. The minimum absolute atomic E-state index is 0.107. The number of hydrogen-bond acceptors (Lipinski definition) is 4. The largest absolute Gasteiger partial charge is 0.492 e. The average molecular weight is 403 g/mol. The number of ether oxygens (including phenoxy) is 1. The van der Waals surface area contributed by atoms with Crippen LogP contribution in [0.15, 0.2) is 78.9 Å². The molecule has 6 heteroatoms. The molecule has 3 aromatic carbocycles. The Hall–Kier alpha value is -3.80. The van der Waals surface area contributed by atoms with Crippen molar-refractivity contribution in [3.8, 4) is 5.75 Å². The first kappa shape index (κ1) is 20.9. The summed E-state index contributed by atoms with van der Waals surface area (Å²) in [6.45, 7) is 2.83. The average Bonchev–Trinajstić information content (AvgIpc) is 2.77. The Kier molecular flexibility index (Phi) is 7.44. The molecular weight excluding hydrogens is 378 g/mol. The second kappa shape index (κ2) is 10.7. The van der Waals surface area contributed by atoms with Crippen LogP contribution in [-0.2, 0) is 4.79 Å². The third-order valence-electron chi connectivity index (χ3n) is 4.41. The minimum atomic E-state index is -0.202. The molecule has 0 bridgehead atoms. The molecule has 0 aliphatic carbocycles. The van der Waals surface area contributed by atoms with E-state index in [2.05, 4.69) is 16.0 Å². The summed E-state index contributed by atoms with van der Waals surface area (Å²) >= 11 is 0. The Labute approximate surface area is 176 Å². The molecule has 0 fully saturated rings. The third-order valence-corrected chi connectivity index (χ3v) is 4.41. The summed E-state index contributed by atoms with van der Waals surface area (Å²) < 4.78 is 5.55. The minimum Gasteiger partial charge on any atom is -0.492 e. The van der Waals surface area contributed by atoms with E-state index in [0.29, 0.717) is 18.7 Å². The fourth-order valence-electron chi connectivity index (χ4n) is 2.79. The highest BCUT2D eigenvalue weighted by molar-refractivity contribution is 6.05. The zero-order valence-corrected chi connectivity index (χ0v) is 16.9. The van der Waals surface area contributed by atoms with Crippen molar-refractivity contribution in [2.45, 2.75) is 6.92 Å². The summed E-state index contributed by atoms with van der Waals surface area (Å²) in [5.74, 6) is 0.419. The van der Waals surface area contributed by atoms with Crippen LogP contribution in [0, 0.1) is 6.92 Å². The van der Waals surface area contributed by atoms with Gasteiger partial charge in [0.05, 0.1) is 13.1 Å². The molecule has 0 atom stereocenters. The second-order valence-electron chi connectivity index (χ2n) is 6.71. The summed E-state index contributed by atoms with van der Waals surface area (Å²) in [5.41, 5.74) is 2.94. The maximum absolute atomic E-state index is 12.5. The number of amides is 2. The maximum Gasteiger partial charge on any atom is 0.255 e. The quantitative estimate of drug-likeness (QED) is 0.474. The monoisotopic (exact) mass is 403 g/mol. The van der Waals surface area contributed by atoms with Crippen LogP contribution in [0.25, 0.3) is 0 Å². The first-order valence-electron chi connectivity index (χ1n) is 9.77. The fraction of sp³-hybridized carbons (Fsp3) is 0.167. The molecule has 3 rings (SSSR count). The van der Waals surface area contributed by atoms with Crippen LogP contribution in [0.2, 0.25) is 0 Å². The van der Waals surface area contributed by atoms with Crippen molar-refractivity contribution in [3.63, 3.8) is 0 Å². The Morgan fingerprint density at radius 1 is 0.900 bits per heavy atom. The van der Waals surface area contributed by atoms with Gasteiger partial charge in [-0.05, 0) is 48.9 Å². The molecule has 3 aromatic rings. The van der Waals surface area contributed by atoms with E-state index in [1.54, 1.807) is 12.1 Å². The molecule has 0 aliphatic heterocycles. The first-order valence-corrected chi connectivity index (χ1v) is 9.77. The molecule has 0 heterocycles. The van der Waals surface area contributed by atoms with Crippen molar-refractivity contribution < 1.29 is 14.3 Å². The van der Waals surface area contributed by atoms with E-state index in [4.69, 9.17) is 4.74 Å². The molecule has 154 valence electrons. The van der Waals surface area contributed by atoms with Gasteiger partial charge in [-0.3, -0.25) is 9.59 Å². The smallest absolute Gasteiger partial charge is 0.255 e. The van der Waals surface area contributed by atoms with Crippen molar-refractivity contribution in [1.82, 2.24) is 5.32 Å². The lowest BCUT2D eigenvalue weighted by Gasteiger charge is -2.12. The number of rotatable bonds is 9. The maximum atomic E-state index is 12.5. The molecule has 0 aliphatic rings. The van der Waals surface area contributed by atoms with E-state index in [1.807, 2.05) is 73.7 Å². The summed E-state index contributed by atoms with van der Waals surface area (Å²) in [7, 11) is 0. The van der Waals surface area contributed by atoms with Gasteiger partial charge >= 0.3 is 0 Å². The number of hydrogen-bond donors (Lipinski definition) is 3. The molecule has 0 spiro atoms. The van der Waals surface area contributed by atoms with Crippen LogP contribution in [0.4, 0.5) is 11.4 Å². The number of anilines is 2. The normalized spacial score (nSPS) is 10.2. The van der Waals surface area contributed by atoms with Gasteiger partial charge in [0.15, 0.2) is 0 Å². The van der Waals surface area contributed by atoms with Crippen LogP contribution >= 0.6 is 0 Å². The van der Waals surface area contributed by atoms with Gasteiger partial charge in [0.25, 0.3) is 5.91 Å². The number of carbonyl (C=O) groups excluding carboxylic acids is 2. The van der Waals surface area contributed by atoms with Crippen LogP contribution < -0.4 is 20.7 Å². The van der Waals surface area contributed by atoms with Crippen LogP contribution in [0.5, 0.6) is 5.75 Å². The number of nitrogens with one attached hydrogen (secondary N) is 3. The van der Waals surface area contributed by atoms with E-state index in [9.17, 15) is 9.59 Å². The molecule has 0 aromatic heterocycles. The predicted octanol–water partition coefficient (Wildman–Crippen LogP) is 3.85. The first-order chi connectivity index (χ1) is 14.6. The standard InChI is InChI=1S/C24H25N3O3/c1-18-12-13-19(24(29)27-20-8-4-2-5-9-20)16-22(18)26-17-23(28)25-14-15-30-21-10-6-3-7-11-21/h2-13,16,26H,14-15,17H2,1H3,(H,25,28)(H,27,29). The van der Waals surface area contributed by atoms with Crippen molar-refractivity contribution in [2.75, 3.05) is 30.3 Å². The third kappa shape index (κ3) is 6.38. The van der Waals surface area contributed by atoms with Crippen molar-refractivity contribution in [1.29, 1.82) is 0 Å². The summed E-state index contributed by atoms with van der Waals surface area (Å²) in [6, 6.07) is 24.1. The SMILES string of the molecule is Cc1ccc(C(=O)Nc2ccccc2)cc1NCC(=O)NCCOc1ccccc1. The topological polar surface area (TPSA) is 79.5 Å². The number of aryl methyl sites for hydroxylation is 1. The highest BCUT2D eigenvalue weighted by Crippen LogP contribution is 2.18. The van der Waals surface area contributed by atoms with Gasteiger partial charge in [-0.1, -0.05) is 42.5 Å². The highest BCUT2D eigenvalue weighted by atomic mass is 16.5. The summed E-state index contributed by atoms with van der Waals surface area (Å²) in [4.78, 5) is 24.6.